The van der Waals surface area contributed by atoms with Gasteiger partial charge in [0.25, 0.3) is 0 Å². The number of nitrogens with one attached hydrogen (secondary N) is 2. The second-order valence-corrected chi connectivity index (χ2v) is 6.28. The number of rotatable bonds is 6. The molecule has 0 aliphatic carbocycles. The van der Waals surface area contributed by atoms with Crippen molar-refractivity contribution in [2.24, 2.45) is 4.99 Å². The second-order valence-electron chi connectivity index (χ2n) is 5.88. The van der Waals surface area contributed by atoms with Crippen molar-refractivity contribution in [2.45, 2.75) is 19.6 Å². The Balaban J connectivity index is 1.94. The van der Waals surface area contributed by atoms with Gasteiger partial charge in [-0.3, -0.25) is 4.99 Å². The normalized spacial score (nSPS) is 11.6. The number of guanidine groups is 1. The Morgan fingerprint density at radius 1 is 0.917 bits per heavy atom. The van der Waals surface area contributed by atoms with Crippen LogP contribution in [0.4, 0.5) is 0 Å². The molecule has 2 aromatic carbocycles. The number of hydrogen-bond donors (Lipinski definition) is 2. The van der Waals surface area contributed by atoms with E-state index >= 15 is 0 Å². The first-order valence-corrected chi connectivity index (χ1v) is 8.37. The van der Waals surface area contributed by atoms with Crippen LogP contribution in [0.1, 0.15) is 16.7 Å². The van der Waals surface area contributed by atoms with E-state index in [2.05, 4.69) is 58.9 Å². The van der Waals surface area contributed by atoms with Crippen molar-refractivity contribution in [3.8, 4) is 0 Å². The molecule has 0 aliphatic rings. The summed E-state index contributed by atoms with van der Waals surface area (Å²) in [5, 5.41) is 7.43. The summed E-state index contributed by atoms with van der Waals surface area (Å²) in [4.78, 5) is 6.45. The Labute approximate surface area is 149 Å². The number of aliphatic imine (C=N–C) groups is 1. The standard InChI is InChI=1S/C19H25ClN4/c1-21-19(23-13-16-9-6-7-11-18(16)20)22-12-15-8-4-5-10-17(15)14-24(2)3/h4-11H,12-14H2,1-3H3,(H2,21,22,23). The van der Waals surface area contributed by atoms with Gasteiger partial charge < -0.3 is 15.5 Å². The minimum atomic E-state index is 0.638. The van der Waals surface area contributed by atoms with Crippen LogP contribution in [0.25, 0.3) is 0 Å². The molecule has 0 unspecified atom stereocenters. The Bertz CT molecular complexity index is 683. The molecule has 2 aromatic rings. The average molecular weight is 345 g/mol. The summed E-state index contributed by atoms with van der Waals surface area (Å²) in [6.07, 6.45) is 0. The number of hydrogen-bond acceptors (Lipinski definition) is 2. The van der Waals surface area contributed by atoms with E-state index in [4.69, 9.17) is 11.6 Å². The first-order valence-electron chi connectivity index (χ1n) is 7.99. The van der Waals surface area contributed by atoms with Gasteiger partial charge in [-0.05, 0) is 36.9 Å². The molecular weight excluding hydrogens is 320 g/mol. The van der Waals surface area contributed by atoms with E-state index in [0.29, 0.717) is 6.54 Å². The van der Waals surface area contributed by atoms with Crippen molar-refractivity contribution in [1.82, 2.24) is 15.5 Å². The SMILES string of the molecule is CN=C(NCc1ccccc1Cl)NCc1ccccc1CN(C)C. The lowest BCUT2D eigenvalue weighted by molar-refractivity contribution is 0.400. The molecule has 0 radical (unpaired) electrons. The Kier molecular flexibility index (Phi) is 7.09. The number of halogens is 1. The molecule has 4 nitrogen and oxygen atoms in total. The van der Waals surface area contributed by atoms with Crippen molar-refractivity contribution in [1.29, 1.82) is 0 Å². The van der Waals surface area contributed by atoms with Gasteiger partial charge in [-0.25, -0.2) is 0 Å². The van der Waals surface area contributed by atoms with E-state index < -0.39 is 0 Å². The van der Waals surface area contributed by atoms with Crippen molar-refractivity contribution >= 4 is 17.6 Å². The maximum Gasteiger partial charge on any atom is 0.191 e. The predicted octanol–water partition coefficient (Wildman–Crippen LogP) is 3.27. The van der Waals surface area contributed by atoms with Crippen LogP contribution in [0.3, 0.4) is 0 Å². The van der Waals surface area contributed by atoms with Gasteiger partial charge >= 0.3 is 0 Å². The monoisotopic (exact) mass is 344 g/mol. The van der Waals surface area contributed by atoms with E-state index in [-0.39, 0.29) is 0 Å². The summed E-state index contributed by atoms with van der Waals surface area (Å²) in [5.74, 6) is 0.759. The highest BCUT2D eigenvalue weighted by Gasteiger charge is 2.05. The van der Waals surface area contributed by atoms with Crippen LogP contribution in [0.2, 0.25) is 5.02 Å². The van der Waals surface area contributed by atoms with Gasteiger partial charge in [-0.15, -0.1) is 0 Å². The molecule has 0 aromatic heterocycles. The topological polar surface area (TPSA) is 39.7 Å². The summed E-state index contributed by atoms with van der Waals surface area (Å²) < 4.78 is 0. The van der Waals surface area contributed by atoms with E-state index in [1.165, 1.54) is 11.1 Å². The summed E-state index contributed by atoms with van der Waals surface area (Å²) in [5.41, 5.74) is 3.64. The summed E-state index contributed by atoms with van der Waals surface area (Å²) >= 11 is 6.19. The number of nitrogens with zero attached hydrogens (tertiary/aromatic N) is 2. The largest absolute Gasteiger partial charge is 0.352 e. The van der Waals surface area contributed by atoms with Crippen LogP contribution >= 0.6 is 11.6 Å². The molecule has 2 N–H and O–H groups in total. The first-order chi connectivity index (χ1) is 11.6. The second kappa shape index (κ2) is 9.30. The van der Waals surface area contributed by atoms with Crippen LogP contribution in [0, 0.1) is 0 Å². The summed E-state index contributed by atoms with van der Waals surface area (Å²) in [7, 11) is 5.93. The molecule has 0 fully saturated rings. The molecule has 0 saturated carbocycles. The van der Waals surface area contributed by atoms with Gasteiger partial charge in [-0.1, -0.05) is 54.1 Å². The molecular formula is C19H25ClN4. The molecule has 0 saturated heterocycles. The fourth-order valence-electron chi connectivity index (χ4n) is 2.45. The molecule has 24 heavy (non-hydrogen) atoms. The van der Waals surface area contributed by atoms with E-state index in [1.807, 2.05) is 24.3 Å². The zero-order valence-corrected chi connectivity index (χ0v) is 15.3. The van der Waals surface area contributed by atoms with Crippen LogP contribution in [-0.4, -0.2) is 32.0 Å². The van der Waals surface area contributed by atoms with Gasteiger partial charge in [0.1, 0.15) is 0 Å². The van der Waals surface area contributed by atoms with Crippen molar-refractivity contribution in [3.05, 3.63) is 70.2 Å². The van der Waals surface area contributed by atoms with Gasteiger partial charge in [0.2, 0.25) is 0 Å². The van der Waals surface area contributed by atoms with Crippen LogP contribution < -0.4 is 10.6 Å². The minimum absolute atomic E-state index is 0.638. The smallest absolute Gasteiger partial charge is 0.191 e. The lowest BCUT2D eigenvalue weighted by Gasteiger charge is -2.16. The third-order valence-electron chi connectivity index (χ3n) is 3.68. The van der Waals surface area contributed by atoms with Crippen LogP contribution in [0.15, 0.2) is 53.5 Å². The minimum Gasteiger partial charge on any atom is -0.352 e. The molecule has 0 heterocycles. The highest BCUT2D eigenvalue weighted by molar-refractivity contribution is 6.31. The van der Waals surface area contributed by atoms with Gasteiger partial charge in [-0.2, -0.15) is 0 Å². The Morgan fingerprint density at radius 2 is 1.46 bits per heavy atom. The quantitative estimate of drug-likeness (QED) is 0.624. The fourth-order valence-corrected chi connectivity index (χ4v) is 2.65. The van der Waals surface area contributed by atoms with Gasteiger partial charge in [0, 0.05) is 31.7 Å². The van der Waals surface area contributed by atoms with Crippen molar-refractivity contribution in [3.63, 3.8) is 0 Å². The Hall–Kier alpha value is -2.04. The zero-order valence-electron chi connectivity index (χ0n) is 14.5. The first kappa shape index (κ1) is 18.3. The summed E-state index contributed by atoms with van der Waals surface area (Å²) in [6.45, 7) is 2.29. The lowest BCUT2D eigenvalue weighted by atomic mass is 10.1. The molecule has 128 valence electrons. The molecule has 2 rings (SSSR count). The van der Waals surface area contributed by atoms with Crippen LogP contribution in [0.5, 0.6) is 0 Å². The van der Waals surface area contributed by atoms with Gasteiger partial charge in [0.15, 0.2) is 5.96 Å². The van der Waals surface area contributed by atoms with Crippen LogP contribution in [-0.2, 0) is 19.6 Å². The maximum atomic E-state index is 6.19. The van der Waals surface area contributed by atoms with Gasteiger partial charge in [0.05, 0.1) is 0 Å². The third kappa shape index (κ3) is 5.55. The predicted molar refractivity (Wildman–Crippen MR) is 102 cm³/mol. The Morgan fingerprint density at radius 3 is 2.04 bits per heavy atom. The fraction of sp³-hybridized carbons (Fsp3) is 0.316. The molecule has 5 heteroatoms. The lowest BCUT2D eigenvalue weighted by Crippen LogP contribution is -2.36. The van der Waals surface area contributed by atoms with E-state index in [1.54, 1.807) is 7.05 Å². The molecule has 0 amide bonds. The van der Waals surface area contributed by atoms with E-state index in [0.717, 1.165) is 29.6 Å². The molecule has 0 bridgehead atoms. The maximum absolute atomic E-state index is 6.19. The third-order valence-corrected chi connectivity index (χ3v) is 4.05. The van der Waals surface area contributed by atoms with E-state index in [9.17, 15) is 0 Å². The number of benzene rings is 2. The molecule has 0 spiro atoms. The van der Waals surface area contributed by atoms with Crippen molar-refractivity contribution in [2.75, 3.05) is 21.1 Å². The average Bonchev–Trinajstić information content (AvgIpc) is 2.57. The molecule has 0 atom stereocenters. The highest BCUT2D eigenvalue weighted by atomic mass is 35.5. The van der Waals surface area contributed by atoms with Crippen molar-refractivity contribution < 1.29 is 0 Å². The molecule has 0 aliphatic heterocycles. The summed E-state index contributed by atoms with van der Waals surface area (Å²) in [6, 6.07) is 16.3. The highest BCUT2D eigenvalue weighted by Crippen LogP contribution is 2.14. The zero-order chi connectivity index (χ0) is 17.4.